The number of hydrogen-bond acceptors (Lipinski definition) is 3. The van der Waals surface area contributed by atoms with Crippen LogP contribution in [-0.2, 0) is 16.4 Å². The average Bonchev–Trinajstić information content (AvgIpc) is 2.66. The SMILES string of the molecule is O=S(=O)(CCCCCl)NC1c2ccccc2CC1O. The summed E-state index contributed by atoms with van der Waals surface area (Å²) < 4.78 is 26.5. The number of sulfonamides is 1. The van der Waals surface area contributed by atoms with Crippen LogP contribution in [0.25, 0.3) is 0 Å². The molecule has 0 spiro atoms. The molecule has 4 nitrogen and oxygen atoms in total. The van der Waals surface area contributed by atoms with Crippen LogP contribution in [0.4, 0.5) is 0 Å². The summed E-state index contributed by atoms with van der Waals surface area (Å²) in [4.78, 5) is 0. The van der Waals surface area contributed by atoms with Crippen LogP contribution >= 0.6 is 11.6 Å². The summed E-state index contributed by atoms with van der Waals surface area (Å²) in [6, 6.07) is 6.99. The molecule has 0 aromatic heterocycles. The summed E-state index contributed by atoms with van der Waals surface area (Å²) in [5, 5.41) is 10.00. The topological polar surface area (TPSA) is 66.4 Å². The molecule has 2 unspecified atom stereocenters. The minimum absolute atomic E-state index is 0.0467. The number of alkyl halides is 1. The Morgan fingerprint density at radius 3 is 2.79 bits per heavy atom. The molecule has 106 valence electrons. The van der Waals surface area contributed by atoms with Crippen molar-refractivity contribution in [1.82, 2.24) is 4.72 Å². The van der Waals surface area contributed by atoms with Crippen molar-refractivity contribution in [1.29, 1.82) is 0 Å². The second-order valence-electron chi connectivity index (χ2n) is 4.78. The molecule has 0 fully saturated rings. The molecular weight excluding hydrogens is 286 g/mol. The molecule has 2 atom stereocenters. The highest BCUT2D eigenvalue weighted by molar-refractivity contribution is 7.89. The fraction of sp³-hybridized carbons (Fsp3) is 0.538. The van der Waals surface area contributed by atoms with Crippen molar-refractivity contribution in [2.45, 2.75) is 31.4 Å². The molecule has 0 radical (unpaired) electrons. The average molecular weight is 304 g/mol. The van der Waals surface area contributed by atoms with Crippen LogP contribution in [0, 0.1) is 0 Å². The van der Waals surface area contributed by atoms with E-state index in [1.54, 1.807) is 0 Å². The maximum Gasteiger partial charge on any atom is 0.212 e. The molecule has 19 heavy (non-hydrogen) atoms. The van der Waals surface area contributed by atoms with Gasteiger partial charge in [-0.05, 0) is 24.0 Å². The van der Waals surface area contributed by atoms with Crippen LogP contribution in [0.1, 0.15) is 30.0 Å². The van der Waals surface area contributed by atoms with E-state index in [1.165, 1.54) is 0 Å². The predicted octanol–water partition coefficient (Wildman–Crippen LogP) is 1.58. The normalized spacial score (nSPS) is 22.4. The molecule has 2 rings (SSSR count). The van der Waals surface area contributed by atoms with E-state index < -0.39 is 22.2 Å². The third-order valence-corrected chi connectivity index (χ3v) is 5.01. The molecule has 1 aromatic rings. The highest BCUT2D eigenvalue weighted by Gasteiger charge is 2.33. The van der Waals surface area contributed by atoms with Crippen molar-refractivity contribution in [3.63, 3.8) is 0 Å². The second-order valence-corrected chi connectivity index (χ2v) is 7.03. The van der Waals surface area contributed by atoms with Gasteiger partial charge in [-0.15, -0.1) is 11.6 Å². The molecule has 0 saturated carbocycles. The third-order valence-electron chi connectivity index (χ3n) is 3.31. The van der Waals surface area contributed by atoms with E-state index in [9.17, 15) is 13.5 Å². The number of benzene rings is 1. The van der Waals surface area contributed by atoms with Crippen molar-refractivity contribution in [2.75, 3.05) is 11.6 Å². The van der Waals surface area contributed by atoms with E-state index in [1.807, 2.05) is 24.3 Å². The first-order chi connectivity index (χ1) is 9.03. The summed E-state index contributed by atoms with van der Waals surface area (Å²) in [5.74, 6) is 0.509. The summed E-state index contributed by atoms with van der Waals surface area (Å²) in [5.41, 5.74) is 1.87. The van der Waals surface area contributed by atoms with Gasteiger partial charge in [0.2, 0.25) is 10.0 Å². The van der Waals surface area contributed by atoms with Gasteiger partial charge in [0.15, 0.2) is 0 Å². The second kappa shape index (κ2) is 6.22. The zero-order valence-electron chi connectivity index (χ0n) is 10.5. The number of unbranched alkanes of at least 4 members (excludes halogenated alkanes) is 1. The lowest BCUT2D eigenvalue weighted by Gasteiger charge is -2.17. The zero-order valence-corrected chi connectivity index (χ0v) is 12.1. The summed E-state index contributed by atoms with van der Waals surface area (Å²) in [7, 11) is -3.38. The Labute approximate surface area is 118 Å². The molecule has 0 aliphatic heterocycles. The molecule has 1 aromatic carbocycles. The van der Waals surface area contributed by atoms with Crippen molar-refractivity contribution in [3.8, 4) is 0 Å². The number of fused-ring (bicyclic) bond motifs is 1. The summed E-state index contributed by atoms with van der Waals surface area (Å²) in [6.45, 7) is 0. The fourth-order valence-electron chi connectivity index (χ4n) is 2.35. The lowest BCUT2D eigenvalue weighted by atomic mass is 10.1. The van der Waals surface area contributed by atoms with Crippen molar-refractivity contribution < 1.29 is 13.5 Å². The van der Waals surface area contributed by atoms with E-state index in [0.29, 0.717) is 25.1 Å². The molecule has 6 heteroatoms. The van der Waals surface area contributed by atoms with Crippen LogP contribution < -0.4 is 4.72 Å². The first-order valence-corrected chi connectivity index (χ1v) is 8.54. The van der Waals surface area contributed by atoms with E-state index in [2.05, 4.69) is 4.72 Å². The summed E-state index contributed by atoms with van der Waals surface area (Å²) >= 11 is 5.54. The number of nitrogens with one attached hydrogen (secondary N) is 1. The number of hydrogen-bond donors (Lipinski definition) is 2. The fourth-order valence-corrected chi connectivity index (χ4v) is 3.92. The Balaban J connectivity index is 2.07. The van der Waals surface area contributed by atoms with Gasteiger partial charge in [-0.1, -0.05) is 24.3 Å². The quantitative estimate of drug-likeness (QED) is 0.619. The Morgan fingerprint density at radius 1 is 1.32 bits per heavy atom. The van der Waals surface area contributed by atoms with Gasteiger partial charge in [-0.3, -0.25) is 0 Å². The van der Waals surface area contributed by atoms with Crippen molar-refractivity contribution in [3.05, 3.63) is 35.4 Å². The molecule has 0 bridgehead atoms. The Hall–Kier alpha value is -0.620. The molecule has 2 N–H and O–H groups in total. The van der Waals surface area contributed by atoms with Gasteiger partial charge >= 0.3 is 0 Å². The Morgan fingerprint density at radius 2 is 2.05 bits per heavy atom. The van der Waals surface area contributed by atoms with Crippen molar-refractivity contribution >= 4 is 21.6 Å². The summed E-state index contributed by atoms with van der Waals surface area (Å²) in [6.07, 6.45) is 1.00. The third kappa shape index (κ3) is 3.69. The minimum atomic E-state index is -3.38. The van der Waals surface area contributed by atoms with Gasteiger partial charge in [-0.2, -0.15) is 0 Å². The van der Waals surface area contributed by atoms with E-state index in [0.717, 1.165) is 11.1 Å². The van der Waals surface area contributed by atoms with E-state index in [-0.39, 0.29) is 5.75 Å². The van der Waals surface area contributed by atoms with Crippen LogP contribution in [0.3, 0.4) is 0 Å². The van der Waals surface area contributed by atoms with Gasteiger partial charge in [0, 0.05) is 12.3 Å². The van der Waals surface area contributed by atoms with Gasteiger partial charge in [0.05, 0.1) is 17.9 Å². The van der Waals surface area contributed by atoms with E-state index in [4.69, 9.17) is 11.6 Å². The highest BCUT2D eigenvalue weighted by atomic mass is 35.5. The van der Waals surface area contributed by atoms with E-state index >= 15 is 0 Å². The lowest BCUT2D eigenvalue weighted by molar-refractivity contribution is 0.151. The van der Waals surface area contributed by atoms with Gasteiger partial charge in [0.1, 0.15) is 0 Å². The number of halogens is 1. The van der Waals surface area contributed by atoms with Crippen LogP contribution in [0.5, 0.6) is 0 Å². The standard InChI is InChI=1S/C13H18ClNO3S/c14-7-3-4-8-19(17,18)15-13-11-6-2-1-5-10(11)9-12(13)16/h1-2,5-6,12-13,15-16H,3-4,7-9H2. The molecule has 0 heterocycles. The van der Waals surface area contributed by atoms with Gasteiger partial charge in [0.25, 0.3) is 0 Å². The lowest BCUT2D eigenvalue weighted by Crippen LogP contribution is -2.35. The first kappa shape index (κ1) is 14.8. The highest BCUT2D eigenvalue weighted by Crippen LogP contribution is 2.31. The largest absolute Gasteiger partial charge is 0.391 e. The Kier molecular flexibility index (Phi) is 4.84. The van der Waals surface area contributed by atoms with Gasteiger partial charge < -0.3 is 5.11 Å². The molecule has 0 amide bonds. The molecule has 1 aliphatic rings. The van der Waals surface area contributed by atoms with Crippen LogP contribution in [0.2, 0.25) is 0 Å². The van der Waals surface area contributed by atoms with Crippen LogP contribution in [0.15, 0.2) is 24.3 Å². The van der Waals surface area contributed by atoms with Crippen molar-refractivity contribution in [2.24, 2.45) is 0 Å². The first-order valence-electron chi connectivity index (χ1n) is 6.35. The minimum Gasteiger partial charge on any atom is -0.391 e. The molecular formula is C13H18ClNO3S. The molecule has 0 saturated heterocycles. The number of rotatable bonds is 6. The maximum absolute atomic E-state index is 12.0. The predicted molar refractivity (Wildman–Crippen MR) is 75.8 cm³/mol. The zero-order chi connectivity index (χ0) is 13.9. The molecule has 1 aliphatic carbocycles. The number of aliphatic hydroxyl groups excluding tert-OH is 1. The monoisotopic (exact) mass is 303 g/mol. The maximum atomic E-state index is 12.0. The van der Waals surface area contributed by atoms with Gasteiger partial charge in [-0.25, -0.2) is 13.1 Å². The smallest absolute Gasteiger partial charge is 0.212 e. The Bertz CT molecular complexity index is 532. The van der Waals surface area contributed by atoms with Crippen LogP contribution in [-0.4, -0.2) is 31.3 Å². The number of aliphatic hydroxyl groups is 1.